The number of carbonyl (C=O) groups excluding carboxylic acids is 1. The Hall–Kier alpha value is -2.21. The first-order valence-corrected chi connectivity index (χ1v) is 7.07. The predicted molar refractivity (Wildman–Crippen MR) is 78.9 cm³/mol. The molecule has 0 unspecified atom stereocenters. The average Bonchev–Trinajstić information content (AvgIpc) is 2.86. The molecule has 0 atom stereocenters. The van der Waals surface area contributed by atoms with Crippen LogP contribution in [-0.2, 0) is 0 Å². The van der Waals surface area contributed by atoms with Crippen LogP contribution in [0.15, 0.2) is 23.6 Å². The molecule has 0 fully saturated rings. The zero-order valence-corrected chi connectivity index (χ0v) is 11.8. The van der Waals surface area contributed by atoms with E-state index in [0.29, 0.717) is 41.0 Å². The highest BCUT2D eigenvalue weighted by Crippen LogP contribution is 2.37. The summed E-state index contributed by atoms with van der Waals surface area (Å²) in [6.45, 7) is 2.90. The van der Waals surface area contributed by atoms with E-state index in [9.17, 15) is 4.79 Å². The number of nitrogens with one attached hydrogen (secondary N) is 1. The first-order chi connectivity index (χ1) is 9.65. The Morgan fingerprint density at radius 2 is 2.00 bits per heavy atom. The molecule has 0 saturated heterocycles. The summed E-state index contributed by atoms with van der Waals surface area (Å²) in [6.07, 6.45) is 0. The summed E-state index contributed by atoms with van der Waals surface area (Å²) < 4.78 is 10.9. The minimum Gasteiger partial charge on any atom is -0.486 e. The number of benzene rings is 1. The molecule has 0 spiro atoms. The monoisotopic (exact) mass is 290 g/mol. The molecule has 5 nitrogen and oxygen atoms in total. The molecule has 104 valence electrons. The number of carbonyl (C=O) groups is 1. The predicted octanol–water partition coefficient (Wildman–Crippen LogP) is 2.66. The third-order valence-electron chi connectivity index (χ3n) is 3.03. The van der Waals surface area contributed by atoms with Crippen molar-refractivity contribution < 1.29 is 14.3 Å². The van der Waals surface area contributed by atoms with Gasteiger partial charge in [-0.05, 0) is 23.9 Å². The fourth-order valence-electron chi connectivity index (χ4n) is 2.00. The lowest BCUT2D eigenvalue weighted by molar-refractivity contribution is 0.103. The van der Waals surface area contributed by atoms with Crippen LogP contribution in [0.1, 0.15) is 15.2 Å². The van der Waals surface area contributed by atoms with E-state index < -0.39 is 0 Å². The molecule has 0 saturated carbocycles. The van der Waals surface area contributed by atoms with E-state index in [0.717, 1.165) is 5.56 Å². The van der Waals surface area contributed by atoms with Crippen LogP contribution in [0.4, 0.5) is 11.4 Å². The standard InChI is InChI=1S/C14H14N2O3S/c1-8-2-5-20-13(8)14(17)16-10-7-12-11(6-9(10)15)18-3-4-19-12/h2,5-7H,3-4,15H2,1H3,(H,16,17). The van der Waals surface area contributed by atoms with Crippen molar-refractivity contribution in [3.8, 4) is 11.5 Å². The lowest BCUT2D eigenvalue weighted by atomic mass is 10.2. The molecule has 1 aromatic carbocycles. The second-order valence-electron chi connectivity index (χ2n) is 4.47. The van der Waals surface area contributed by atoms with E-state index in [2.05, 4.69) is 5.32 Å². The molecular weight excluding hydrogens is 276 g/mol. The van der Waals surface area contributed by atoms with Crippen LogP contribution < -0.4 is 20.5 Å². The number of anilines is 2. The Bertz CT molecular complexity index is 666. The Kier molecular flexibility index (Phi) is 3.23. The summed E-state index contributed by atoms with van der Waals surface area (Å²) in [6, 6.07) is 5.28. The average molecular weight is 290 g/mol. The van der Waals surface area contributed by atoms with E-state index in [-0.39, 0.29) is 5.91 Å². The van der Waals surface area contributed by atoms with Crippen molar-refractivity contribution in [3.63, 3.8) is 0 Å². The highest BCUT2D eigenvalue weighted by molar-refractivity contribution is 7.12. The quantitative estimate of drug-likeness (QED) is 0.834. The lowest BCUT2D eigenvalue weighted by Crippen LogP contribution is -2.17. The van der Waals surface area contributed by atoms with Gasteiger partial charge in [-0.2, -0.15) is 0 Å². The number of aryl methyl sites for hydroxylation is 1. The van der Waals surface area contributed by atoms with Crippen molar-refractivity contribution in [1.29, 1.82) is 0 Å². The van der Waals surface area contributed by atoms with E-state index >= 15 is 0 Å². The fourth-order valence-corrected chi connectivity index (χ4v) is 2.82. The normalized spacial score (nSPS) is 13.1. The topological polar surface area (TPSA) is 73.6 Å². The smallest absolute Gasteiger partial charge is 0.266 e. The van der Waals surface area contributed by atoms with Gasteiger partial charge in [-0.25, -0.2) is 0 Å². The van der Waals surface area contributed by atoms with Crippen LogP contribution in [-0.4, -0.2) is 19.1 Å². The maximum Gasteiger partial charge on any atom is 0.266 e. The van der Waals surface area contributed by atoms with Gasteiger partial charge in [0.1, 0.15) is 13.2 Å². The Labute approximate surface area is 120 Å². The summed E-state index contributed by atoms with van der Waals surface area (Å²) in [5.74, 6) is 1.04. The molecule has 3 rings (SSSR count). The van der Waals surface area contributed by atoms with Crippen molar-refractivity contribution in [2.75, 3.05) is 24.3 Å². The Balaban J connectivity index is 1.87. The van der Waals surface area contributed by atoms with Gasteiger partial charge in [-0.15, -0.1) is 11.3 Å². The van der Waals surface area contributed by atoms with Crippen LogP contribution in [0.3, 0.4) is 0 Å². The zero-order valence-electron chi connectivity index (χ0n) is 10.9. The lowest BCUT2D eigenvalue weighted by Gasteiger charge is -2.20. The molecule has 2 heterocycles. The molecule has 1 aromatic heterocycles. The largest absolute Gasteiger partial charge is 0.486 e. The van der Waals surface area contributed by atoms with Gasteiger partial charge in [0.2, 0.25) is 0 Å². The van der Waals surface area contributed by atoms with E-state index in [1.54, 1.807) is 12.1 Å². The first-order valence-electron chi connectivity index (χ1n) is 6.19. The van der Waals surface area contributed by atoms with Gasteiger partial charge >= 0.3 is 0 Å². The molecule has 1 aliphatic heterocycles. The third kappa shape index (κ3) is 2.30. The maximum absolute atomic E-state index is 12.2. The molecule has 2 aromatic rings. The SMILES string of the molecule is Cc1ccsc1C(=O)Nc1cc2c(cc1N)OCCO2. The summed E-state index contributed by atoms with van der Waals surface area (Å²) in [5.41, 5.74) is 7.87. The number of ether oxygens (including phenoxy) is 2. The summed E-state index contributed by atoms with van der Waals surface area (Å²) in [5, 5.41) is 4.70. The highest BCUT2D eigenvalue weighted by Gasteiger charge is 2.17. The van der Waals surface area contributed by atoms with Gasteiger partial charge in [-0.3, -0.25) is 4.79 Å². The van der Waals surface area contributed by atoms with Crippen molar-refractivity contribution in [3.05, 3.63) is 34.0 Å². The number of amides is 1. The van der Waals surface area contributed by atoms with Crippen molar-refractivity contribution in [2.45, 2.75) is 6.92 Å². The number of thiophene rings is 1. The number of hydrogen-bond acceptors (Lipinski definition) is 5. The maximum atomic E-state index is 12.2. The van der Waals surface area contributed by atoms with Gasteiger partial charge in [0.15, 0.2) is 11.5 Å². The van der Waals surface area contributed by atoms with E-state index in [1.807, 2.05) is 18.4 Å². The molecule has 6 heteroatoms. The number of nitrogen functional groups attached to an aromatic ring is 1. The molecule has 1 amide bonds. The zero-order chi connectivity index (χ0) is 14.1. The Morgan fingerprint density at radius 1 is 1.30 bits per heavy atom. The van der Waals surface area contributed by atoms with Crippen LogP contribution in [0.5, 0.6) is 11.5 Å². The molecule has 3 N–H and O–H groups in total. The first kappa shape index (κ1) is 12.8. The van der Waals surface area contributed by atoms with Crippen molar-refractivity contribution >= 4 is 28.6 Å². The second kappa shape index (κ2) is 5.05. The molecule has 0 aliphatic carbocycles. The number of rotatable bonds is 2. The van der Waals surface area contributed by atoms with Gasteiger partial charge in [0.25, 0.3) is 5.91 Å². The minimum atomic E-state index is -0.166. The van der Waals surface area contributed by atoms with E-state index in [4.69, 9.17) is 15.2 Å². The molecule has 0 bridgehead atoms. The van der Waals surface area contributed by atoms with Crippen LogP contribution in [0, 0.1) is 6.92 Å². The summed E-state index contributed by atoms with van der Waals surface area (Å²) in [4.78, 5) is 12.9. The number of fused-ring (bicyclic) bond motifs is 1. The fraction of sp³-hybridized carbons (Fsp3) is 0.214. The minimum absolute atomic E-state index is 0.166. The van der Waals surface area contributed by atoms with Gasteiger partial charge in [0.05, 0.1) is 16.3 Å². The van der Waals surface area contributed by atoms with Gasteiger partial charge < -0.3 is 20.5 Å². The van der Waals surface area contributed by atoms with Crippen LogP contribution in [0.25, 0.3) is 0 Å². The van der Waals surface area contributed by atoms with Crippen molar-refractivity contribution in [2.24, 2.45) is 0 Å². The number of nitrogens with two attached hydrogens (primary N) is 1. The molecule has 0 radical (unpaired) electrons. The summed E-state index contributed by atoms with van der Waals surface area (Å²) >= 11 is 1.40. The molecule has 1 aliphatic rings. The third-order valence-corrected chi connectivity index (χ3v) is 4.05. The van der Waals surface area contributed by atoms with E-state index in [1.165, 1.54) is 11.3 Å². The second-order valence-corrected chi connectivity index (χ2v) is 5.39. The van der Waals surface area contributed by atoms with Crippen LogP contribution in [0.2, 0.25) is 0 Å². The van der Waals surface area contributed by atoms with Crippen molar-refractivity contribution in [1.82, 2.24) is 0 Å². The number of hydrogen-bond donors (Lipinski definition) is 2. The molecular formula is C14H14N2O3S. The Morgan fingerprint density at radius 3 is 2.65 bits per heavy atom. The van der Waals surface area contributed by atoms with Crippen LogP contribution >= 0.6 is 11.3 Å². The molecule has 20 heavy (non-hydrogen) atoms. The van der Waals surface area contributed by atoms with Gasteiger partial charge in [-0.1, -0.05) is 0 Å². The summed E-state index contributed by atoms with van der Waals surface area (Å²) in [7, 11) is 0. The highest BCUT2D eigenvalue weighted by atomic mass is 32.1. The van der Waals surface area contributed by atoms with Gasteiger partial charge in [0, 0.05) is 12.1 Å².